The van der Waals surface area contributed by atoms with Gasteiger partial charge in [-0.2, -0.15) is 0 Å². The number of hydrogen-bond acceptors (Lipinski definition) is 5. The van der Waals surface area contributed by atoms with Crippen LogP contribution in [0, 0.1) is 0 Å². The van der Waals surface area contributed by atoms with Gasteiger partial charge in [0.1, 0.15) is 5.75 Å². The van der Waals surface area contributed by atoms with Crippen molar-refractivity contribution in [2.24, 2.45) is 0 Å². The van der Waals surface area contributed by atoms with E-state index in [0.29, 0.717) is 22.4 Å². The molecule has 0 aliphatic rings. The number of benzene rings is 1. The van der Waals surface area contributed by atoms with E-state index in [2.05, 4.69) is 0 Å². The van der Waals surface area contributed by atoms with Gasteiger partial charge in [-0.3, -0.25) is 4.79 Å². The molecule has 0 fully saturated rings. The molecule has 18 heavy (non-hydrogen) atoms. The Morgan fingerprint density at radius 3 is 2.72 bits per heavy atom. The number of aromatic carboxylic acids is 1. The largest absolute Gasteiger partial charge is 1.00 e. The quantitative estimate of drug-likeness (QED) is 0.608. The molecule has 2 rings (SSSR count). The predicted octanol–water partition coefficient (Wildman–Crippen LogP) is -1.97. The van der Waals surface area contributed by atoms with Crippen molar-refractivity contribution in [3.63, 3.8) is 0 Å². The topological polar surface area (TPSA) is 66.4 Å². The number of ether oxygens (including phenoxy) is 1. The van der Waals surface area contributed by atoms with Crippen molar-refractivity contribution in [1.82, 2.24) is 0 Å². The molecule has 0 bridgehead atoms. The summed E-state index contributed by atoms with van der Waals surface area (Å²) in [7, 11) is 0. The molecule has 0 N–H and O–H groups in total. The van der Waals surface area contributed by atoms with E-state index in [0.717, 1.165) is 17.4 Å². The third-order valence-electron chi connectivity index (χ3n) is 2.21. The van der Waals surface area contributed by atoms with Crippen molar-refractivity contribution < 1.29 is 44.2 Å². The molecule has 1 aromatic carbocycles. The first-order valence-corrected chi connectivity index (χ1v) is 5.85. The first kappa shape index (κ1) is 15.2. The fourth-order valence-corrected chi connectivity index (χ4v) is 2.38. The number of carboxylic acid groups (broad SMARTS) is 1. The average molecular weight is 272 g/mol. The molecule has 88 valence electrons. The van der Waals surface area contributed by atoms with Crippen molar-refractivity contribution in [3.05, 3.63) is 39.4 Å². The maximum atomic E-state index is 11.7. The van der Waals surface area contributed by atoms with Crippen LogP contribution in [0.4, 0.5) is 0 Å². The van der Waals surface area contributed by atoms with Crippen molar-refractivity contribution in [1.29, 1.82) is 0 Å². The first-order valence-electron chi connectivity index (χ1n) is 5.04. The summed E-state index contributed by atoms with van der Waals surface area (Å²) in [6.45, 7) is 2.37. The zero-order valence-electron chi connectivity index (χ0n) is 10.1. The molecule has 0 unspecified atom stereocenters. The van der Waals surface area contributed by atoms with Gasteiger partial charge in [-0.15, -0.1) is 11.3 Å². The van der Waals surface area contributed by atoms with Gasteiger partial charge in [0.05, 0.1) is 17.5 Å². The molecule has 0 spiro atoms. The Morgan fingerprint density at radius 2 is 2.11 bits per heavy atom. The van der Waals surface area contributed by atoms with Gasteiger partial charge in [0.15, 0.2) is 5.43 Å². The number of carbonyl (C=O) groups is 1. The zero-order chi connectivity index (χ0) is 12.4. The van der Waals surface area contributed by atoms with E-state index >= 15 is 0 Å². The predicted molar refractivity (Wildman–Crippen MR) is 63.6 cm³/mol. The van der Waals surface area contributed by atoms with Crippen LogP contribution in [0.25, 0.3) is 10.1 Å². The number of fused-ring (bicyclic) bond motifs is 1. The Bertz CT molecular complexity index is 636. The van der Waals surface area contributed by atoms with E-state index in [9.17, 15) is 14.7 Å². The molecule has 1 aromatic heterocycles. The second kappa shape index (κ2) is 6.33. The van der Waals surface area contributed by atoms with Gasteiger partial charge in [0, 0.05) is 16.2 Å². The van der Waals surface area contributed by atoms with Crippen LogP contribution in [-0.2, 0) is 0 Å². The Morgan fingerprint density at radius 1 is 1.39 bits per heavy atom. The molecule has 0 saturated carbocycles. The van der Waals surface area contributed by atoms with Crippen molar-refractivity contribution in [3.8, 4) is 5.75 Å². The maximum Gasteiger partial charge on any atom is 1.00 e. The normalized spacial score (nSPS) is 9.83. The molecular formula is C12H9NaO4S. The Balaban J connectivity index is 0.00000162. The van der Waals surface area contributed by atoms with Crippen LogP contribution in [0.3, 0.4) is 0 Å². The molecule has 4 nitrogen and oxygen atoms in total. The standard InChI is InChI=1S/C12H10O4S.Na/c1-2-16-7-3-4-10-8(5-7)9(13)6-11(17-10)12(14)15;/h3-6H,2H2,1H3,(H,14,15);/q;+1/p-1. The smallest absolute Gasteiger partial charge is 0.544 e. The summed E-state index contributed by atoms with van der Waals surface area (Å²) in [6.07, 6.45) is 0. The van der Waals surface area contributed by atoms with Crippen molar-refractivity contribution >= 4 is 27.4 Å². The molecule has 6 heteroatoms. The van der Waals surface area contributed by atoms with Gasteiger partial charge in [0.2, 0.25) is 0 Å². The summed E-state index contributed by atoms with van der Waals surface area (Å²) in [6, 6.07) is 6.09. The average Bonchev–Trinajstić information content (AvgIpc) is 2.30. The minimum Gasteiger partial charge on any atom is -0.544 e. The summed E-state index contributed by atoms with van der Waals surface area (Å²) in [4.78, 5) is 22.4. The summed E-state index contributed by atoms with van der Waals surface area (Å²) in [5.41, 5.74) is -0.334. The van der Waals surface area contributed by atoms with Crippen molar-refractivity contribution in [2.75, 3.05) is 6.61 Å². The van der Waals surface area contributed by atoms with Crippen molar-refractivity contribution in [2.45, 2.75) is 6.92 Å². The SMILES string of the molecule is CCOc1ccc2sc(C(=O)[O-])cc(=O)c2c1.[Na+]. The molecule has 0 radical (unpaired) electrons. The van der Waals surface area contributed by atoms with Crippen LogP contribution < -0.4 is 44.8 Å². The second-order valence-corrected chi connectivity index (χ2v) is 4.44. The minimum atomic E-state index is -1.33. The van der Waals surface area contributed by atoms with E-state index in [4.69, 9.17) is 4.74 Å². The van der Waals surface area contributed by atoms with E-state index < -0.39 is 5.97 Å². The third kappa shape index (κ3) is 3.11. The Hall–Kier alpha value is -0.880. The Labute approximate surface area is 130 Å². The van der Waals surface area contributed by atoms with Crippen LogP contribution in [-0.4, -0.2) is 12.6 Å². The number of carbonyl (C=O) groups excluding carboxylic acids is 1. The van der Waals surface area contributed by atoms with Crippen LogP contribution in [0.15, 0.2) is 29.1 Å². The molecule has 2 aromatic rings. The second-order valence-electron chi connectivity index (χ2n) is 3.35. The van der Waals surface area contributed by atoms with Crippen LogP contribution in [0.1, 0.15) is 16.6 Å². The fraction of sp³-hybridized carbons (Fsp3) is 0.167. The molecule has 0 aliphatic heterocycles. The van der Waals surface area contributed by atoms with Gasteiger partial charge in [-0.25, -0.2) is 0 Å². The van der Waals surface area contributed by atoms with Gasteiger partial charge >= 0.3 is 29.6 Å². The molecule has 1 heterocycles. The summed E-state index contributed by atoms with van der Waals surface area (Å²) >= 11 is 1.02. The monoisotopic (exact) mass is 272 g/mol. The molecule has 0 aliphatic carbocycles. The van der Waals surface area contributed by atoms with Gasteiger partial charge < -0.3 is 14.6 Å². The van der Waals surface area contributed by atoms with E-state index in [-0.39, 0.29) is 39.9 Å². The van der Waals surface area contributed by atoms with Crippen LogP contribution >= 0.6 is 11.3 Å². The summed E-state index contributed by atoms with van der Waals surface area (Å²) in [5.74, 6) is -0.728. The number of rotatable bonds is 3. The minimum absolute atomic E-state index is 0. The van der Waals surface area contributed by atoms with Gasteiger partial charge in [0.25, 0.3) is 0 Å². The zero-order valence-corrected chi connectivity index (χ0v) is 12.9. The molecule has 0 amide bonds. The van der Waals surface area contributed by atoms with E-state index in [1.807, 2.05) is 6.92 Å². The van der Waals surface area contributed by atoms with Crippen LogP contribution in [0.2, 0.25) is 0 Å². The summed E-state index contributed by atoms with van der Waals surface area (Å²) < 4.78 is 5.89. The molecular weight excluding hydrogens is 263 g/mol. The molecule has 0 saturated heterocycles. The first-order chi connectivity index (χ1) is 8.11. The van der Waals surface area contributed by atoms with E-state index in [1.54, 1.807) is 18.2 Å². The maximum absolute atomic E-state index is 11.7. The fourth-order valence-electron chi connectivity index (χ4n) is 1.49. The third-order valence-corrected chi connectivity index (χ3v) is 3.29. The number of carboxylic acids is 1. The van der Waals surface area contributed by atoms with Crippen LogP contribution in [0.5, 0.6) is 5.75 Å². The Kier molecular flexibility index (Phi) is 5.34. The summed E-state index contributed by atoms with van der Waals surface area (Å²) in [5, 5.41) is 11.2. The van der Waals surface area contributed by atoms with E-state index in [1.165, 1.54) is 0 Å². The van der Waals surface area contributed by atoms with Gasteiger partial charge in [-0.1, -0.05) is 0 Å². The van der Waals surface area contributed by atoms with Gasteiger partial charge in [-0.05, 0) is 25.1 Å². The number of hydrogen-bond donors (Lipinski definition) is 0. The molecule has 0 atom stereocenters.